The lowest BCUT2D eigenvalue weighted by Gasteiger charge is -2.10. The first-order valence-electron chi connectivity index (χ1n) is 5.29. The third-order valence-electron chi connectivity index (χ3n) is 2.57. The summed E-state index contributed by atoms with van der Waals surface area (Å²) >= 11 is 0. The predicted molar refractivity (Wildman–Crippen MR) is 64.1 cm³/mol. The van der Waals surface area contributed by atoms with Crippen LogP contribution < -0.4 is 5.73 Å². The Morgan fingerprint density at radius 1 is 1.00 bits per heavy atom. The normalized spacial score (nSPS) is 12.1. The quantitative estimate of drug-likeness (QED) is 0.822. The molecule has 0 aliphatic heterocycles. The average Bonchev–Trinajstić information content (AvgIpc) is 2.39. The molecular formula is C14H12FNO. The number of nitrogens with two attached hydrogens (primary N) is 1. The fourth-order valence-corrected chi connectivity index (χ4v) is 1.61. The van der Waals surface area contributed by atoms with Crippen LogP contribution >= 0.6 is 0 Å². The zero-order valence-corrected chi connectivity index (χ0v) is 9.14. The first-order chi connectivity index (χ1) is 8.18. The molecule has 0 unspecified atom stereocenters. The summed E-state index contributed by atoms with van der Waals surface area (Å²) in [6.45, 7) is 0. The van der Waals surface area contributed by atoms with E-state index < -0.39 is 6.04 Å². The summed E-state index contributed by atoms with van der Waals surface area (Å²) in [4.78, 5) is 12.0. The SMILES string of the molecule is N[C@@H](C(=O)c1ccc(F)cc1)c1ccccc1. The van der Waals surface area contributed by atoms with Gasteiger partial charge in [-0.25, -0.2) is 4.39 Å². The molecule has 0 radical (unpaired) electrons. The molecule has 1 atom stereocenters. The zero-order valence-electron chi connectivity index (χ0n) is 9.14. The van der Waals surface area contributed by atoms with Crippen LogP contribution in [-0.2, 0) is 0 Å². The Morgan fingerprint density at radius 3 is 2.18 bits per heavy atom. The molecule has 0 heterocycles. The monoisotopic (exact) mass is 229 g/mol. The Morgan fingerprint density at radius 2 is 1.59 bits per heavy atom. The summed E-state index contributed by atoms with van der Waals surface area (Å²) < 4.78 is 12.7. The van der Waals surface area contributed by atoms with Crippen LogP contribution in [0.5, 0.6) is 0 Å². The van der Waals surface area contributed by atoms with E-state index in [1.807, 2.05) is 18.2 Å². The van der Waals surface area contributed by atoms with Crippen LogP contribution in [0.25, 0.3) is 0 Å². The van der Waals surface area contributed by atoms with Crippen molar-refractivity contribution < 1.29 is 9.18 Å². The highest BCUT2D eigenvalue weighted by molar-refractivity contribution is 6.00. The minimum Gasteiger partial charge on any atom is -0.318 e. The number of rotatable bonds is 3. The standard InChI is InChI=1S/C14H12FNO/c15-12-8-6-11(7-9-12)14(17)13(16)10-4-2-1-3-5-10/h1-9,13H,16H2/t13-/m1/s1. The Balaban J connectivity index is 2.23. The minimum absolute atomic E-state index is 0.212. The van der Waals surface area contributed by atoms with Crippen LogP contribution in [0.4, 0.5) is 4.39 Å². The molecule has 2 aromatic rings. The maximum Gasteiger partial charge on any atom is 0.184 e. The van der Waals surface area contributed by atoms with Gasteiger partial charge in [0.05, 0.1) is 6.04 Å². The van der Waals surface area contributed by atoms with Crippen molar-refractivity contribution in [3.63, 3.8) is 0 Å². The van der Waals surface area contributed by atoms with Crippen molar-refractivity contribution in [1.29, 1.82) is 0 Å². The summed E-state index contributed by atoms with van der Waals surface area (Å²) in [7, 11) is 0. The summed E-state index contributed by atoms with van der Waals surface area (Å²) in [6, 6.07) is 13.8. The highest BCUT2D eigenvalue weighted by Gasteiger charge is 2.17. The van der Waals surface area contributed by atoms with Gasteiger partial charge in [0.15, 0.2) is 5.78 Å². The molecule has 3 heteroatoms. The second-order valence-electron chi connectivity index (χ2n) is 3.76. The average molecular weight is 229 g/mol. The molecule has 2 nitrogen and oxygen atoms in total. The van der Waals surface area contributed by atoms with Crippen molar-refractivity contribution in [2.24, 2.45) is 5.73 Å². The second-order valence-corrected chi connectivity index (χ2v) is 3.76. The highest BCUT2D eigenvalue weighted by Crippen LogP contribution is 2.16. The van der Waals surface area contributed by atoms with Crippen molar-refractivity contribution >= 4 is 5.78 Å². The van der Waals surface area contributed by atoms with Gasteiger partial charge in [0.25, 0.3) is 0 Å². The molecule has 0 saturated carbocycles. The number of benzene rings is 2. The number of Topliss-reactive ketones (excluding diaryl/α,β-unsaturated/α-hetero) is 1. The fraction of sp³-hybridized carbons (Fsp3) is 0.0714. The summed E-state index contributed by atoms with van der Waals surface area (Å²) in [6.07, 6.45) is 0. The molecule has 2 N–H and O–H groups in total. The van der Waals surface area contributed by atoms with Crippen molar-refractivity contribution in [2.75, 3.05) is 0 Å². The number of ketones is 1. The van der Waals surface area contributed by atoms with E-state index in [-0.39, 0.29) is 11.6 Å². The fourth-order valence-electron chi connectivity index (χ4n) is 1.61. The van der Waals surface area contributed by atoms with Gasteiger partial charge >= 0.3 is 0 Å². The summed E-state index contributed by atoms with van der Waals surface area (Å²) in [5.74, 6) is -0.578. The maximum absolute atomic E-state index is 12.7. The molecule has 0 aliphatic rings. The minimum atomic E-state index is -0.707. The highest BCUT2D eigenvalue weighted by atomic mass is 19.1. The number of hydrogen-bond acceptors (Lipinski definition) is 2. The van der Waals surface area contributed by atoms with Gasteiger partial charge < -0.3 is 5.73 Å². The van der Waals surface area contributed by atoms with Crippen LogP contribution in [0, 0.1) is 5.82 Å². The van der Waals surface area contributed by atoms with Gasteiger partial charge in [0, 0.05) is 5.56 Å². The Labute approximate surface area is 98.9 Å². The van der Waals surface area contributed by atoms with Crippen LogP contribution in [0.1, 0.15) is 22.0 Å². The van der Waals surface area contributed by atoms with E-state index in [4.69, 9.17) is 5.73 Å². The van der Waals surface area contributed by atoms with E-state index in [0.29, 0.717) is 5.56 Å². The molecule has 0 aliphatic carbocycles. The lowest BCUT2D eigenvalue weighted by Crippen LogP contribution is -2.21. The van der Waals surface area contributed by atoms with Crippen LogP contribution in [0.15, 0.2) is 54.6 Å². The van der Waals surface area contributed by atoms with Gasteiger partial charge in [-0.15, -0.1) is 0 Å². The van der Waals surface area contributed by atoms with Crippen molar-refractivity contribution in [2.45, 2.75) is 6.04 Å². The number of carbonyl (C=O) groups is 1. The Kier molecular flexibility index (Phi) is 3.30. The van der Waals surface area contributed by atoms with Crippen LogP contribution in [0.3, 0.4) is 0 Å². The largest absolute Gasteiger partial charge is 0.318 e. The van der Waals surface area contributed by atoms with E-state index in [1.165, 1.54) is 24.3 Å². The molecule has 2 rings (SSSR count). The van der Waals surface area contributed by atoms with Crippen molar-refractivity contribution in [3.8, 4) is 0 Å². The maximum atomic E-state index is 12.7. The van der Waals surface area contributed by atoms with Gasteiger partial charge in [-0.2, -0.15) is 0 Å². The topological polar surface area (TPSA) is 43.1 Å². The van der Waals surface area contributed by atoms with Gasteiger partial charge in [0.1, 0.15) is 5.82 Å². The molecule has 86 valence electrons. The van der Waals surface area contributed by atoms with Gasteiger partial charge in [-0.3, -0.25) is 4.79 Å². The second kappa shape index (κ2) is 4.89. The van der Waals surface area contributed by atoms with Gasteiger partial charge in [-0.05, 0) is 29.8 Å². The predicted octanol–water partition coefficient (Wildman–Crippen LogP) is 2.71. The third kappa shape index (κ3) is 2.57. The van der Waals surface area contributed by atoms with E-state index in [9.17, 15) is 9.18 Å². The molecule has 0 spiro atoms. The number of carbonyl (C=O) groups excluding carboxylic acids is 1. The van der Waals surface area contributed by atoms with E-state index in [2.05, 4.69) is 0 Å². The molecule has 0 saturated heterocycles. The molecule has 2 aromatic carbocycles. The molecule has 17 heavy (non-hydrogen) atoms. The third-order valence-corrected chi connectivity index (χ3v) is 2.57. The van der Waals surface area contributed by atoms with E-state index in [1.54, 1.807) is 12.1 Å². The molecular weight excluding hydrogens is 217 g/mol. The zero-order chi connectivity index (χ0) is 12.3. The van der Waals surface area contributed by atoms with Gasteiger partial charge in [-0.1, -0.05) is 30.3 Å². The van der Waals surface area contributed by atoms with Crippen LogP contribution in [0.2, 0.25) is 0 Å². The number of hydrogen-bond donors (Lipinski definition) is 1. The van der Waals surface area contributed by atoms with E-state index >= 15 is 0 Å². The smallest absolute Gasteiger partial charge is 0.184 e. The Bertz CT molecular complexity index is 508. The van der Waals surface area contributed by atoms with Crippen molar-refractivity contribution in [3.05, 3.63) is 71.5 Å². The number of halogens is 1. The van der Waals surface area contributed by atoms with E-state index in [0.717, 1.165) is 5.56 Å². The van der Waals surface area contributed by atoms with Crippen molar-refractivity contribution in [1.82, 2.24) is 0 Å². The van der Waals surface area contributed by atoms with Gasteiger partial charge in [0.2, 0.25) is 0 Å². The molecule has 0 bridgehead atoms. The lowest BCUT2D eigenvalue weighted by molar-refractivity contribution is 0.0961. The Hall–Kier alpha value is -2.00. The molecule has 0 aromatic heterocycles. The summed E-state index contributed by atoms with van der Waals surface area (Å²) in [5, 5.41) is 0. The summed E-state index contributed by atoms with van der Waals surface area (Å²) in [5.41, 5.74) is 7.04. The molecule has 0 fully saturated rings. The van der Waals surface area contributed by atoms with Crippen LogP contribution in [-0.4, -0.2) is 5.78 Å². The first kappa shape index (κ1) is 11.5. The first-order valence-corrected chi connectivity index (χ1v) is 5.29. The lowest BCUT2D eigenvalue weighted by atomic mass is 9.98. The molecule has 0 amide bonds.